The molecule has 2 N–H and O–H groups in total. The highest BCUT2D eigenvalue weighted by molar-refractivity contribution is 9.10. The molecule has 0 heterocycles. The van der Waals surface area contributed by atoms with Gasteiger partial charge in [-0.25, -0.2) is 4.39 Å². The summed E-state index contributed by atoms with van der Waals surface area (Å²) in [6.45, 7) is 2.08. The molecular weight excluding hydrogens is 297 g/mol. The molecule has 2 rings (SSSR count). The van der Waals surface area contributed by atoms with Crippen LogP contribution in [0.4, 0.5) is 10.1 Å². The number of hydrogen-bond acceptors (Lipinski definition) is 2. The fourth-order valence-electron chi connectivity index (χ4n) is 1.58. The van der Waals surface area contributed by atoms with Gasteiger partial charge in [0.15, 0.2) is 0 Å². The van der Waals surface area contributed by atoms with Crippen LogP contribution in [0.1, 0.15) is 11.1 Å². The van der Waals surface area contributed by atoms with Crippen molar-refractivity contribution < 1.29 is 9.13 Å². The summed E-state index contributed by atoms with van der Waals surface area (Å²) in [6, 6.07) is 10.7. The van der Waals surface area contributed by atoms with E-state index in [4.69, 9.17) is 10.5 Å². The number of ether oxygens (including phenoxy) is 1. The van der Waals surface area contributed by atoms with Crippen molar-refractivity contribution in [1.29, 1.82) is 0 Å². The number of halogens is 2. The predicted molar refractivity (Wildman–Crippen MR) is 74.0 cm³/mol. The Morgan fingerprint density at radius 1 is 1.28 bits per heavy atom. The van der Waals surface area contributed by atoms with Crippen LogP contribution in [0.2, 0.25) is 0 Å². The van der Waals surface area contributed by atoms with Gasteiger partial charge in [0.05, 0.1) is 5.69 Å². The summed E-state index contributed by atoms with van der Waals surface area (Å²) in [5.74, 6) is 0.191. The topological polar surface area (TPSA) is 35.2 Å². The molecule has 0 spiro atoms. The second-order valence-corrected chi connectivity index (χ2v) is 4.97. The van der Waals surface area contributed by atoms with Crippen molar-refractivity contribution in [1.82, 2.24) is 0 Å². The third-order valence-corrected chi connectivity index (χ3v) is 3.07. The van der Waals surface area contributed by atoms with E-state index < -0.39 is 0 Å². The zero-order chi connectivity index (χ0) is 13.1. The van der Waals surface area contributed by atoms with E-state index in [-0.39, 0.29) is 5.82 Å². The number of benzene rings is 2. The molecule has 2 nitrogen and oxygen atoms in total. The molecule has 0 atom stereocenters. The molecule has 0 aliphatic rings. The van der Waals surface area contributed by atoms with E-state index in [1.807, 2.05) is 24.3 Å². The van der Waals surface area contributed by atoms with Gasteiger partial charge in [0, 0.05) is 10.5 Å². The van der Waals surface area contributed by atoms with Crippen LogP contribution in [-0.2, 0) is 6.61 Å². The Morgan fingerprint density at radius 3 is 2.78 bits per heavy atom. The highest BCUT2D eigenvalue weighted by Gasteiger charge is 2.06. The summed E-state index contributed by atoms with van der Waals surface area (Å²) in [4.78, 5) is 0. The zero-order valence-corrected chi connectivity index (χ0v) is 11.5. The molecule has 0 bridgehead atoms. The van der Waals surface area contributed by atoms with Gasteiger partial charge in [-0.2, -0.15) is 0 Å². The fraction of sp³-hybridized carbons (Fsp3) is 0.143. The average molecular weight is 310 g/mol. The third kappa shape index (κ3) is 3.01. The van der Waals surface area contributed by atoms with Crippen LogP contribution in [0, 0.1) is 12.7 Å². The van der Waals surface area contributed by atoms with Crippen molar-refractivity contribution in [2.75, 3.05) is 5.73 Å². The molecule has 0 saturated heterocycles. The van der Waals surface area contributed by atoms with Gasteiger partial charge in [0.25, 0.3) is 0 Å². The number of nitrogens with two attached hydrogens (primary N) is 1. The summed E-state index contributed by atoms with van der Waals surface area (Å²) in [5.41, 5.74) is 7.56. The summed E-state index contributed by atoms with van der Waals surface area (Å²) in [7, 11) is 0. The minimum atomic E-state index is -0.317. The Kier molecular flexibility index (Phi) is 3.87. The minimum absolute atomic E-state index is 0.313. The maximum atomic E-state index is 13.2. The molecule has 0 saturated carbocycles. The molecular formula is C14H13BrFNO. The van der Waals surface area contributed by atoms with Crippen LogP contribution in [0.15, 0.2) is 40.9 Å². The van der Waals surface area contributed by atoms with E-state index in [0.29, 0.717) is 23.6 Å². The Labute approximate surface area is 114 Å². The van der Waals surface area contributed by atoms with Gasteiger partial charge in [-0.1, -0.05) is 28.1 Å². The smallest absolute Gasteiger partial charge is 0.143 e. The summed E-state index contributed by atoms with van der Waals surface area (Å²) < 4.78 is 19.8. The van der Waals surface area contributed by atoms with Gasteiger partial charge < -0.3 is 10.5 Å². The number of anilines is 1. The SMILES string of the molecule is Cc1cc(OCc2cccc(Br)c2)c(N)cc1F. The zero-order valence-electron chi connectivity index (χ0n) is 9.91. The van der Waals surface area contributed by atoms with Crippen molar-refractivity contribution in [2.45, 2.75) is 13.5 Å². The lowest BCUT2D eigenvalue weighted by molar-refractivity contribution is 0.307. The molecule has 2 aromatic carbocycles. The van der Waals surface area contributed by atoms with Crippen molar-refractivity contribution in [3.05, 3.63) is 57.8 Å². The molecule has 0 amide bonds. The maximum Gasteiger partial charge on any atom is 0.143 e. The highest BCUT2D eigenvalue weighted by Crippen LogP contribution is 2.26. The molecule has 0 aromatic heterocycles. The number of hydrogen-bond donors (Lipinski definition) is 1. The number of rotatable bonds is 3. The van der Waals surface area contributed by atoms with Crippen LogP contribution < -0.4 is 10.5 Å². The standard InChI is InChI=1S/C14H13BrFNO/c1-9-5-14(13(17)7-12(9)16)18-8-10-3-2-4-11(15)6-10/h2-7H,8,17H2,1H3. The summed E-state index contributed by atoms with van der Waals surface area (Å²) in [5, 5.41) is 0. The van der Waals surface area contributed by atoms with Crippen LogP contribution in [-0.4, -0.2) is 0 Å². The second kappa shape index (κ2) is 5.40. The molecule has 0 fully saturated rings. The molecule has 18 heavy (non-hydrogen) atoms. The first-order valence-electron chi connectivity index (χ1n) is 5.49. The molecule has 2 aromatic rings. The number of nitrogen functional groups attached to an aromatic ring is 1. The number of aryl methyl sites for hydroxylation is 1. The summed E-state index contributed by atoms with van der Waals surface area (Å²) >= 11 is 3.39. The van der Waals surface area contributed by atoms with Crippen molar-refractivity contribution in [2.24, 2.45) is 0 Å². The molecule has 0 radical (unpaired) electrons. The normalized spacial score (nSPS) is 10.4. The molecule has 0 aliphatic carbocycles. The van der Waals surface area contributed by atoms with Gasteiger partial charge in [-0.3, -0.25) is 0 Å². The fourth-order valence-corrected chi connectivity index (χ4v) is 2.03. The largest absolute Gasteiger partial charge is 0.487 e. The first-order chi connectivity index (χ1) is 8.56. The van der Waals surface area contributed by atoms with E-state index in [1.54, 1.807) is 13.0 Å². The van der Waals surface area contributed by atoms with E-state index in [9.17, 15) is 4.39 Å². The van der Waals surface area contributed by atoms with Gasteiger partial charge in [-0.05, 0) is 36.2 Å². The molecule has 0 unspecified atom stereocenters. The van der Waals surface area contributed by atoms with Crippen molar-refractivity contribution >= 4 is 21.6 Å². The molecule has 4 heteroatoms. The van der Waals surface area contributed by atoms with E-state index in [1.165, 1.54) is 6.07 Å². The molecule has 0 aliphatic heterocycles. The monoisotopic (exact) mass is 309 g/mol. The first kappa shape index (κ1) is 12.9. The first-order valence-corrected chi connectivity index (χ1v) is 6.28. The highest BCUT2D eigenvalue weighted by atomic mass is 79.9. The van der Waals surface area contributed by atoms with Gasteiger partial charge in [0.2, 0.25) is 0 Å². The quantitative estimate of drug-likeness (QED) is 0.868. The van der Waals surface area contributed by atoms with Crippen LogP contribution in [0.3, 0.4) is 0 Å². The second-order valence-electron chi connectivity index (χ2n) is 4.06. The third-order valence-electron chi connectivity index (χ3n) is 2.57. The van der Waals surface area contributed by atoms with E-state index in [0.717, 1.165) is 10.0 Å². The van der Waals surface area contributed by atoms with E-state index in [2.05, 4.69) is 15.9 Å². The van der Waals surface area contributed by atoms with Crippen LogP contribution in [0.5, 0.6) is 5.75 Å². The maximum absolute atomic E-state index is 13.2. The minimum Gasteiger partial charge on any atom is -0.487 e. The van der Waals surface area contributed by atoms with Gasteiger partial charge in [0.1, 0.15) is 18.2 Å². The van der Waals surface area contributed by atoms with Gasteiger partial charge >= 0.3 is 0 Å². The summed E-state index contributed by atoms with van der Waals surface area (Å²) in [6.07, 6.45) is 0. The van der Waals surface area contributed by atoms with Crippen molar-refractivity contribution in [3.8, 4) is 5.75 Å². The van der Waals surface area contributed by atoms with Crippen molar-refractivity contribution in [3.63, 3.8) is 0 Å². The Hall–Kier alpha value is -1.55. The predicted octanol–water partition coefficient (Wildman–Crippen LogP) is 4.06. The van der Waals surface area contributed by atoms with E-state index >= 15 is 0 Å². The lowest BCUT2D eigenvalue weighted by Crippen LogP contribution is -2.00. The Balaban J connectivity index is 2.13. The van der Waals surface area contributed by atoms with Crippen LogP contribution >= 0.6 is 15.9 Å². The molecule has 94 valence electrons. The Morgan fingerprint density at radius 2 is 2.06 bits per heavy atom. The lowest BCUT2D eigenvalue weighted by atomic mass is 10.2. The average Bonchev–Trinajstić information content (AvgIpc) is 2.32. The lowest BCUT2D eigenvalue weighted by Gasteiger charge is -2.10. The van der Waals surface area contributed by atoms with Crippen LogP contribution in [0.25, 0.3) is 0 Å². The van der Waals surface area contributed by atoms with Gasteiger partial charge in [-0.15, -0.1) is 0 Å². The Bertz CT molecular complexity index is 572.